The van der Waals surface area contributed by atoms with Gasteiger partial charge in [0.25, 0.3) is 11.8 Å². The van der Waals surface area contributed by atoms with E-state index in [0.29, 0.717) is 49.1 Å². The quantitative estimate of drug-likeness (QED) is 0.285. The molecule has 2 saturated carbocycles. The van der Waals surface area contributed by atoms with Crippen LogP contribution in [0.2, 0.25) is 0 Å². The average Bonchev–Trinajstić information content (AvgIpc) is 3.94. The van der Waals surface area contributed by atoms with Gasteiger partial charge in [-0.15, -0.1) is 0 Å². The standard InChI is InChI=1S/C38H45FN6O8S/c1-4-26-34(42-31-25(39)12-10-14-27(31)40-26)53-24-19-29-32(46)43-38(36(49)44-54(50,51)37(3)17-18-37)20-23(38)11-8-6-5-7-9-13-28(35(48)45(29)21-24)41-33(47)30-16-15-22(2)52-30/h8,10-12,14-16,23-24,28-29H,4-7,9,13,17-21H2,1-3H3,(H,41,47)(H,43,46)(H,44,49)/b11-8-/t23-,24-,28+,29+,38-/m1/s1. The molecule has 2 aromatic heterocycles. The highest BCUT2D eigenvalue weighted by atomic mass is 32.2. The summed E-state index contributed by atoms with van der Waals surface area (Å²) in [5, 5.41) is 5.66. The molecule has 3 N–H and O–H groups in total. The van der Waals surface area contributed by atoms with Crippen LogP contribution in [0.3, 0.4) is 0 Å². The number of nitrogens with one attached hydrogen (secondary N) is 3. The van der Waals surface area contributed by atoms with Gasteiger partial charge in [0.2, 0.25) is 27.7 Å². The van der Waals surface area contributed by atoms with Gasteiger partial charge in [0.05, 0.1) is 16.8 Å². The number of fused-ring (bicyclic) bond motifs is 3. The Balaban J connectivity index is 1.21. The molecule has 288 valence electrons. The Kier molecular flexibility index (Phi) is 10.00. The van der Waals surface area contributed by atoms with Gasteiger partial charge in [-0.25, -0.2) is 22.8 Å². The zero-order valence-corrected chi connectivity index (χ0v) is 31.3. The van der Waals surface area contributed by atoms with Crippen LogP contribution in [0.4, 0.5) is 4.39 Å². The van der Waals surface area contributed by atoms with Crippen molar-refractivity contribution in [3.8, 4) is 5.88 Å². The normalized spacial score (nSPS) is 27.4. The highest BCUT2D eigenvalue weighted by Crippen LogP contribution is 2.47. The maximum atomic E-state index is 14.8. The zero-order valence-electron chi connectivity index (χ0n) is 30.5. The smallest absolute Gasteiger partial charge is 0.287 e. The first-order valence-electron chi connectivity index (χ1n) is 18.6. The molecule has 0 radical (unpaired) electrons. The van der Waals surface area contributed by atoms with E-state index in [1.807, 2.05) is 19.1 Å². The minimum Gasteiger partial charge on any atom is -0.471 e. The molecule has 5 atom stereocenters. The van der Waals surface area contributed by atoms with Crippen molar-refractivity contribution in [1.29, 1.82) is 0 Å². The largest absolute Gasteiger partial charge is 0.471 e. The number of hydrogen-bond acceptors (Lipinski definition) is 10. The van der Waals surface area contributed by atoms with E-state index < -0.39 is 73.9 Å². The van der Waals surface area contributed by atoms with Crippen molar-refractivity contribution in [2.75, 3.05) is 6.54 Å². The number of sulfonamides is 1. The Morgan fingerprint density at radius 2 is 1.93 bits per heavy atom. The monoisotopic (exact) mass is 764 g/mol. The third-order valence-corrected chi connectivity index (χ3v) is 13.2. The van der Waals surface area contributed by atoms with Crippen LogP contribution in [-0.2, 0) is 30.8 Å². The van der Waals surface area contributed by atoms with Gasteiger partial charge in [0.1, 0.15) is 40.7 Å². The number of carbonyl (C=O) groups excluding carboxylic acids is 4. The Labute approximate surface area is 312 Å². The average molecular weight is 765 g/mol. The number of aromatic nitrogens is 2. The molecule has 1 aromatic carbocycles. The van der Waals surface area contributed by atoms with E-state index in [-0.39, 0.29) is 43.0 Å². The lowest BCUT2D eigenvalue weighted by Gasteiger charge is -2.30. The Morgan fingerprint density at radius 3 is 2.65 bits per heavy atom. The van der Waals surface area contributed by atoms with Crippen molar-refractivity contribution in [3.05, 3.63) is 65.5 Å². The molecule has 4 aliphatic rings. The first-order valence-corrected chi connectivity index (χ1v) is 20.1. The molecule has 0 unspecified atom stereocenters. The van der Waals surface area contributed by atoms with E-state index in [0.717, 1.165) is 12.8 Å². The number of allylic oxidation sites excluding steroid dienone is 1. The van der Waals surface area contributed by atoms with E-state index in [1.165, 1.54) is 23.1 Å². The van der Waals surface area contributed by atoms with Gasteiger partial charge in [-0.3, -0.25) is 23.9 Å². The maximum Gasteiger partial charge on any atom is 0.287 e. The fraction of sp³-hybridized carbons (Fsp3) is 0.526. The van der Waals surface area contributed by atoms with Crippen LogP contribution >= 0.6 is 0 Å². The van der Waals surface area contributed by atoms with Crippen LogP contribution in [0, 0.1) is 18.7 Å². The summed E-state index contributed by atoms with van der Waals surface area (Å²) in [6, 6.07) is 5.39. The van der Waals surface area contributed by atoms with Crippen molar-refractivity contribution in [2.45, 2.75) is 113 Å². The summed E-state index contributed by atoms with van der Waals surface area (Å²) in [6.07, 6.45) is 7.39. The fourth-order valence-electron chi connectivity index (χ4n) is 7.28. The molecule has 2 aliphatic carbocycles. The molecule has 4 amide bonds. The Hall–Kier alpha value is -4.86. The second kappa shape index (κ2) is 14.4. The summed E-state index contributed by atoms with van der Waals surface area (Å²) in [5.41, 5.74) is -0.729. The predicted molar refractivity (Wildman–Crippen MR) is 194 cm³/mol. The van der Waals surface area contributed by atoms with E-state index in [4.69, 9.17) is 9.15 Å². The third-order valence-electron chi connectivity index (χ3n) is 11.0. The number of aryl methyl sites for hydroxylation is 2. The van der Waals surface area contributed by atoms with Crippen molar-refractivity contribution in [3.63, 3.8) is 0 Å². The topological polar surface area (TPSA) is 190 Å². The van der Waals surface area contributed by atoms with Crippen LogP contribution < -0.4 is 20.1 Å². The molecule has 3 fully saturated rings. The number of benzene rings is 1. The number of para-hydroxylation sites is 1. The summed E-state index contributed by atoms with van der Waals surface area (Å²) in [6.45, 7) is 5.02. The summed E-state index contributed by atoms with van der Waals surface area (Å²) < 4.78 is 54.1. The molecule has 16 heteroatoms. The predicted octanol–water partition coefficient (Wildman–Crippen LogP) is 3.77. The number of nitrogens with zero attached hydrogens (tertiary/aromatic N) is 3. The zero-order chi connectivity index (χ0) is 38.4. The van der Waals surface area contributed by atoms with E-state index in [9.17, 15) is 32.0 Å². The number of halogens is 1. The number of amides is 4. The highest BCUT2D eigenvalue weighted by Gasteiger charge is 2.63. The number of ether oxygens (including phenoxy) is 1. The second-order valence-electron chi connectivity index (χ2n) is 15.1. The second-order valence-corrected chi connectivity index (χ2v) is 17.3. The minimum absolute atomic E-state index is 0.0121. The van der Waals surface area contributed by atoms with Gasteiger partial charge < -0.3 is 24.7 Å². The maximum absolute atomic E-state index is 14.8. The van der Waals surface area contributed by atoms with E-state index >= 15 is 0 Å². The van der Waals surface area contributed by atoms with Crippen LogP contribution in [0.5, 0.6) is 5.88 Å². The third kappa shape index (κ3) is 7.31. The lowest BCUT2D eigenvalue weighted by molar-refractivity contribution is -0.141. The Bertz CT molecular complexity index is 2130. The fourth-order valence-corrected chi connectivity index (χ4v) is 8.59. The number of rotatable bonds is 8. The highest BCUT2D eigenvalue weighted by molar-refractivity contribution is 7.91. The molecule has 4 heterocycles. The van der Waals surface area contributed by atoms with Gasteiger partial charge in [-0.2, -0.15) is 0 Å². The summed E-state index contributed by atoms with van der Waals surface area (Å²) >= 11 is 0. The first kappa shape index (κ1) is 37.5. The van der Waals surface area contributed by atoms with Gasteiger partial charge in [0.15, 0.2) is 11.6 Å². The number of furan rings is 1. The van der Waals surface area contributed by atoms with Crippen molar-refractivity contribution >= 4 is 44.7 Å². The van der Waals surface area contributed by atoms with Crippen molar-refractivity contribution in [1.82, 2.24) is 30.2 Å². The summed E-state index contributed by atoms with van der Waals surface area (Å²) in [5.74, 6) is -3.05. The molecule has 0 bridgehead atoms. The molecule has 14 nitrogen and oxygen atoms in total. The van der Waals surface area contributed by atoms with Crippen LogP contribution in [0.25, 0.3) is 11.0 Å². The number of carbonyl (C=O) groups is 4. The van der Waals surface area contributed by atoms with Crippen molar-refractivity contribution in [2.24, 2.45) is 5.92 Å². The lowest BCUT2D eigenvalue weighted by Crippen LogP contribution is -2.58. The number of hydrogen-bond donors (Lipinski definition) is 3. The van der Waals surface area contributed by atoms with Gasteiger partial charge in [0, 0.05) is 12.3 Å². The summed E-state index contributed by atoms with van der Waals surface area (Å²) in [7, 11) is -4.01. The van der Waals surface area contributed by atoms with E-state index in [1.54, 1.807) is 26.0 Å². The minimum atomic E-state index is -4.01. The van der Waals surface area contributed by atoms with Gasteiger partial charge >= 0.3 is 0 Å². The molecular weight excluding hydrogens is 720 g/mol. The Morgan fingerprint density at radius 1 is 1.13 bits per heavy atom. The van der Waals surface area contributed by atoms with Crippen molar-refractivity contribution < 1.29 is 41.1 Å². The first-order chi connectivity index (χ1) is 25.7. The van der Waals surface area contributed by atoms with Crippen LogP contribution in [-0.4, -0.2) is 81.9 Å². The molecule has 54 heavy (non-hydrogen) atoms. The molecule has 2 aliphatic heterocycles. The van der Waals surface area contributed by atoms with Gasteiger partial charge in [-0.1, -0.05) is 38.0 Å². The molecular formula is C38H45FN6O8S. The van der Waals surface area contributed by atoms with Crippen LogP contribution in [0.15, 0.2) is 46.9 Å². The molecule has 0 spiro atoms. The molecule has 7 rings (SSSR count). The summed E-state index contributed by atoms with van der Waals surface area (Å²) in [4.78, 5) is 66.4. The van der Waals surface area contributed by atoms with Gasteiger partial charge in [-0.05, 0) is 83.1 Å². The SMILES string of the molecule is CCc1nc2cccc(F)c2nc1O[C@@H]1C[C@H]2C(=O)N[C@]3(C(=O)NS(=O)(=O)C4(C)CC4)C[C@H]3/C=C\CCCCC[C@H](NC(=O)c3ccc(C)o3)C(=O)N2C1. The lowest BCUT2D eigenvalue weighted by atomic mass is 10.0. The van der Waals surface area contributed by atoms with Crippen LogP contribution in [0.1, 0.15) is 93.6 Å². The molecule has 1 saturated heterocycles. The molecule has 3 aromatic rings. The van der Waals surface area contributed by atoms with E-state index in [2.05, 4.69) is 25.3 Å².